The molecule has 18 heavy (non-hydrogen) atoms. The van der Waals surface area contributed by atoms with Gasteiger partial charge >= 0.3 is 6.18 Å². The van der Waals surface area contributed by atoms with E-state index >= 15 is 0 Å². The monoisotopic (exact) mass is 265 g/mol. The molecule has 0 unspecified atom stereocenters. The lowest BCUT2D eigenvalue weighted by Crippen LogP contribution is -2.38. The van der Waals surface area contributed by atoms with Gasteiger partial charge in [0.2, 0.25) is 0 Å². The van der Waals surface area contributed by atoms with Crippen LogP contribution >= 0.6 is 0 Å². The number of hydrogen-bond donors (Lipinski definition) is 0. The van der Waals surface area contributed by atoms with Crippen LogP contribution in [0.5, 0.6) is 0 Å². The van der Waals surface area contributed by atoms with Crippen LogP contribution in [-0.2, 0) is 4.79 Å². The van der Waals surface area contributed by atoms with Gasteiger partial charge in [0, 0.05) is 6.07 Å². The van der Waals surface area contributed by atoms with E-state index in [9.17, 15) is 31.5 Å². The number of alkyl halides is 3. The smallest absolute Gasteiger partial charge is 0.295 e. The van der Waals surface area contributed by atoms with E-state index in [1.54, 1.807) is 0 Å². The Labute approximate surface area is 96.8 Å². The minimum Gasteiger partial charge on any atom is -0.295 e. The average molecular weight is 265 g/mol. The van der Waals surface area contributed by atoms with Crippen molar-refractivity contribution in [3.05, 3.63) is 29.3 Å². The first-order valence-electron chi connectivity index (χ1n) is 4.62. The molecule has 0 radical (unpaired) electrons. The Balaban J connectivity index is 2.55. The Morgan fingerprint density at radius 3 is 2.28 bits per heavy atom. The first-order chi connectivity index (χ1) is 8.20. The highest BCUT2D eigenvalue weighted by Gasteiger charge is 2.44. The van der Waals surface area contributed by atoms with Crippen molar-refractivity contribution >= 4 is 17.4 Å². The number of carbonyl (C=O) groups is 2. The van der Waals surface area contributed by atoms with E-state index in [2.05, 4.69) is 0 Å². The summed E-state index contributed by atoms with van der Waals surface area (Å²) in [6.07, 6.45) is -4.78. The van der Waals surface area contributed by atoms with Gasteiger partial charge in [-0.2, -0.15) is 13.2 Å². The number of benzene rings is 1. The number of carbonyl (C=O) groups excluding carboxylic acids is 2. The summed E-state index contributed by atoms with van der Waals surface area (Å²) in [4.78, 5) is 22.6. The molecule has 96 valence electrons. The highest BCUT2D eigenvalue weighted by Crippen LogP contribution is 2.34. The fraction of sp³-hybridized carbons (Fsp3) is 0.200. The molecule has 2 rings (SSSR count). The van der Waals surface area contributed by atoms with Crippen molar-refractivity contribution in [2.24, 2.45) is 0 Å². The number of hydrogen-bond acceptors (Lipinski definition) is 2. The van der Waals surface area contributed by atoms with Crippen molar-refractivity contribution in [2.45, 2.75) is 6.18 Å². The predicted molar refractivity (Wildman–Crippen MR) is 49.1 cm³/mol. The zero-order valence-corrected chi connectivity index (χ0v) is 8.52. The van der Waals surface area contributed by atoms with Crippen molar-refractivity contribution in [2.75, 3.05) is 11.4 Å². The van der Waals surface area contributed by atoms with E-state index in [1.165, 1.54) is 0 Å². The standard InChI is InChI=1S/C10H4F5NO2/c11-4-1-5(12)7-6(2-4)16(3-10(13,14)15)9(18)8(7)17/h1-2H,3H2. The molecule has 1 aliphatic rings. The third-order valence-corrected chi connectivity index (χ3v) is 2.33. The molecule has 0 N–H and O–H groups in total. The van der Waals surface area contributed by atoms with Crippen molar-refractivity contribution in [3.8, 4) is 0 Å². The second-order valence-corrected chi connectivity index (χ2v) is 3.62. The Morgan fingerprint density at radius 1 is 1.11 bits per heavy atom. The Kier molecular flexibility index (Phi) is 2.60. The van der Waals surface area contributed by atoms with E-state index in [-0.39, 0.29) is 4.90 Å². The highest BCUT2D eigenvalue weighted by atomic mass is 19.4. The van der Waals surface area contributed by atoms with Crippen LogP contribution in [0.25, 0.3) is 0 Å². The summed E-state index contributed by atoms with van der Waals surface area (Å²) in [6.45, 7) is -1.77. The molecule has 8 heteroatoms. The number of fused-ring (bicyclic) bond motifs is 1. The Morgan fingerprint density at radius 2 is 1.72 bits per heavy atom. The molecule has 1 aromatic carbocycles. The second kappa shape index (κ2) is 3.76. The maximum atomic E-state index is 13.3. The van der Waals surface area contributed by atoms with Gasteiger partial charge in [-0.05, 0) is 6.07 Å². The topological polar surface area (TPSA) is 37.4 Å². The number of halogens is 5. The Hall–Kier alpha value is -1.99. The van der Waals surface area contributed by atoms with Gasteiger partial charge in [0.25, 0.3) is 11.7 Å². The average Bonchev–Trinajstić information content (AvgIpc) is 2.41. The van der Waals surface area contributed by atoms with Crippen LogP contribution in [-0.4, -0.2) is 24.4 Å². The van der Waals surface area contributed by atoms with Crippen molar-refractivity contribution in [1.82, 2.24) is 0 Å². The Bertz CT molecular complexity index is 552. The van der Waals surface area contributed by atoms with Gasteiger partial charge in [-0.3, -0.25) is 14.5 Å². The zero-order valence-electron chi connectivity index (χ0n) is 8.52. The SMILES string of the molecule is O=C1C(=O)N(CC(F)(F)F)c2cc(F)cc(F)c21. The van der Waals surface area contributed by atoms with Gasteiger partial charge in [-0.25, -0.2) is 8.78 Å². The maximum absolute atomic E-state index is 13.3. The summed E-state index contributed by atoms with van der Waals surface area (Å²) >= 11 is 0. The van der Waals surface area contributed by atoms with Crippen molar-refractivity contribution < 1.29 is 31.5 Å². The van der Waals surface area contributed by atoms with Crippen LogP contribution in [0.15, 0.2) is 12.1 Å². The molecule has 0 fully saturated rings. The number of ketones is 1. The largest absolute Gasteiger partial charge is 0.406 e. The fourth-order valence-electron chi connectivity index (χ4n) is 1.67. The van der Waals surface area contributed by atoms with Crippen LogP contribution in [0.4, 0.5) is 27.6 Å². The van der Waals surface area contributed by atoms with E-state index in [0.29, 0.717) is 12.1 Å². The van der Waals surface area contributed by atoms with E-state index in [4.69, 9.17) is 0 Å². The molecule has 1 aliphatic heterocycles. The lowest BCUT2D eigenvalue weighted by Gasteiger charge is -2.18. The van der Waals surface area contributed by atoms with Gasteiger partial charge in [-0.15, -0.1) is 0 Å². The lowest BCUT2D eigenvalue weighted by molar-refractivity contribution is -0.129. The molecule has 0 spiro atoms. The normalized spacial score (nSPS) is 15.3. The summed E-state index contributed by atoms with van der Waals surface area (Å²) in [6, 6.07) is 0.855. The zero-order chi connectivity index (χ0) is 13.7. The van der Waals surface area contributed by atoms with Crippen LogP contribution in [0, 0.1) is 11.6 Å². The van der Waals surface area contributed by atoms with Crippen LogP contribution in [0.1, 0.15) is 10.4 Å². The number of nitrogens with zero attached hydrogens (tertiary/aromatic N) is 1. The lowest BCUT2D eigenvalue weighted by atomic mass is 10.1. The number of anilines is 1. The summed E-state index contributed by atoms with van der Waals surface area (Å²) in [7, 11) is 0. The molecule has 0 saturated carbocycles. The summed E-state index contributed by atoms with van der Waals surface area (Å²) in [5.41, 5.74) is -1.52. The predicted octanol–water partition coefficient (Wildman–Crippen LogP) is 2.06. The first kappa shape index (κ1) is 12.5. The van der Waals surface area contributed by atoms with E-state index in [1.807, 2.05) is 0 Å². The van der Waals surface area contributed by atoms with E-state index in [0.717, 1.165) is 0 Å². The minimum atomic E-state index is -4.78. The first-order valence-corrected chi connectivity index (χ1v) is 4.62. The van der Waals surface area contributed by atoms with Gasteiger partial charge in [0.05, 0.1) is 11.3 Å². The molecule has 0 aliphatic carbocycles. The number of Topliss-reactive ketones (excluding diaryl/α,β-unsaturated/α-hetero) is 1. The van der Waals surface area contributed by atoms with Gasteiger partial charge in [0.1, 0.15) is 18.2 Å². The molecule has 0 saturated heterocycles. The van der Waals surface area contributed by atoms with Gasteiger partial charge in [-0.1, -0.05) is 0 Å². The minimum absolute atomic E-state index is 0.0177. The summed E-state index contributed by atoms with van der Waals surface area (Å²) in [5, 5.41) is 0. The molecular formula is C10H4F5NO2. The molecule has 3 nitrogen and oxygen atoms in total. The molecular weight excluding hydrogens is 261 g/mol. The fourth-order valence-corrected chi connectivity index (χ4v) is 1.67. The van der Waals surface area contributed by atoms with Gasteiger partial charge in [0.15, 0.2) is 0 Å². The van der Waals surface area contributed by atoms with Crippen LogP contribution in [0.3, 0.4) is 0 Å². The number of rotatable bonds is 1. The third kappa shape index (κ3) is 1.93. The molecule has 0 aromatic heterocycles. The van der Waals surface area contributed by atoms with Crippen molar-refractivity contribution in [1.29, 1.82) is 0 Å². The molecule has 1 heterocycles. The molecule has 1 amide bonds. The molecule has 1 aromatic rings. The second-order valence-electron chi connectivity index (χ2n) is 3.62. The van der Waals surface area contributed by atoms with Gasteiger partial charge < -0.3 is 0 Å². The maximum Gasteiger partial charge on any atom is 0.406 e. The number of amides is 1. The highest BCUT2D eigenvalue weighted by molar-refractivity contribution is 6.52. The van der Waals surface area contributed by atoms with E-state index < -0.39 is 47.3 Å². The van der Waals surface area contributed by atoms with Crippen LogP contribution < -0.4 is 4.90 Å². The third-order valence-electron chi connectivity index (χ3n) is 2.33. The van der Waals surface area contributed by atoms with Crippen LogP contribution in [0.2, 0.25) is 0 Å². The molecule has 0 bridgehead atoms. The van der Waals surface area contributed by atoms with Crippen molar-refractivity contribution in [3.63, 3.8) is 0 Å². The summed E-state index contributed by atoms with van der Waals surface area (Å²) in [5.74, 6) is -5.45. The summed E-state index contributed by atoms with van der Waals surface area (Å²) < 4.78 is 62.8. The quantitative estimate of drug-likeness (QED) is 0.575. The molecule has 0 atom stereocenters.